The van der Waals surface area contributed by atoms with Crippen molar-refractivity contribution >= 4 is 40.0 Å². The molecule has 0 saturated carbocycles. The average molecular weight is 463 g/mol. The molecule has 4 aromatic rings. The Morgan fingerprint density at radius 3 is 2.67 bits per heavy atom. The van der Waals surface area contributed by atoms with E-state index < -0.39 is 0 Å². The van der Waals surface area contributed by atoms with Gasteiger partial charge < -0.3 is 14.3 Å². The van der Waals surface area contributed by atoms with Crippen LogP contribution in [0, 0.1) is 11.3 Å². The Morgan fingerprint density at radius 1 is 1.00 bits per heavy atom. The number of fused-ring (bicyclic) bond motifs is 2. The van der Waals surface area contributed by atoms with E-state index in [-0.39, 0.29) is 18.0 Å². The van der Waals surface area contributed by atoms with E-state index in [9.17, 15) is 4.79 Å². The van der Waals surface area contributed by atoms with Crippen LogP contribution >= 0.6 is 12.4 Å². The molecule has 170 valence electrons. The first kappa shape index (κ1) is 22.9. The van der Waals surface area contributed by atoms with Crippen molar-refractivity contribution in [2.45, 2.75) is 19.3 Å². The molecule has 7 heteroatoms. The van der Waals surface area contributed by atoms with Crippen molar-refractivity contribution in [1.82, 2.24) is 9.88 Å². The Balaban J connectivity index is 0.00000259. The van der Waals surface area contributed by atoms with Gasteiger partial charge in [-0.3, -0.25) is 4.90 Å². The van der Waals surface area contributed by atoms with Crippen LogP contribution in [0.25, 0.3) is 21.9 Å². The van der Waals surface area contributed by atoms with Crippen LogP contribution in [-0.2, 0) is 6.42 Å². The number of nitrogens with zero attached hydrogens (tertiary/aromatic N) is 3. The lowest BCUT2D eigenvalue weighted by molar-refractivity contribution is 0.253. The predicted octanol–water partition coefficient (Wildman–Crippen LogP) is 4.71. The first-order chi connectivity index (χ1) is 15.7. The molecule has 1 fully saturated rings. The minimum absolute atomic E-state index is 0. The zero-order valence-electron chi connectivity index (χ0n) is 18.4. The zero-order valence-corrected chi connectivity index (χ0v) is 19.2. The molecule has 2 aromatic heterocycles. The zero-order chi connectivity index (χ0) is 21.9. The van der Waals surface area contributed by atoms with Gasteiger partial charge >= 0.3 is 5.63 Å². The van der Waals surface area contributed by atoms with E-state index in [1.54, 1.807) is 0 Å². The molecular weight excluding hydrogens is 436 g/mol. The summed E-state index contributed by atoms with van der Waals surface area (Å²) in [4.78, 5) is 19.6. The molecule has 1 N–H and O–H groups in total. The maximum absolute atomic E-state index is 11.4. The normalized spacial score (nSPS) is 14.3. The third kappa shape index (κ3) is 5.05. The van der Waals surface area contributed by atoms with Gasteiger partial charge in [0.05, 0.1) is 11.6 Å². The number of anilines is 1. The Hall–Kier alpha value is -3.27. The minimum atomic E-state index is -0.310. The summed E-state index contributed by atoms with van der Waals surface area (Å²) in [5, 5.41) is 11.3. The summed E-state index contributed by atoms with van der Waals surface area (Å²) >= 11 is 0. The summed E-state index contributed by atoms with van der Waals surface area (Å²) in [5.41, 5.74) is 4.63. The number of aryl methyl sites for hydroxylation is 1. The van der Waals surface area contributed by atoms with E-state index >= 15 is 0 Å². The number of unbranched alkanes of at least 4 members (excludes halogenated alkanes) is 1. The number of H-pyrrole nitrogens is 1. The van der Waals surface area contributed by atoms with Crippen molar-refractivity contribution in [3.63, 3.8) is 0 Å². The second-order valence-corrected chi connectivity index (χ2v) is 8.45. The van der Waals surface area contributed by atoms with Gasteiger partial charge in [-0.2, -0.15) is 5.26 Å². The van der Waals surface area contributed by atoms with Gasteiger partial charge in [-0.05, 0) is 73.8 Å². The second kappa shape index (κ2) is 10.1. The average Bonchev–Trinajstić information content (AvgIpc) is 3.24. The highest BCUT2D eigenvalue weighted by Crippen LogP contribution is 2.23. The number of halogens is 1. The fraction of sp³-hybridized carbons (Fsp3) is 0.308. The van der Waals surface area contributed by atoms with Crippen LogP contribution in [0.2, 0.25) is 0 Å². The quantitative estimate of drug-likeness (QED) is 0.331. The molecule has 0 amide bonds. The molecule has 1 aliphatic heterocycles. The second-order valence-electron chi connectivity index (χ2n) is 8.45. The minimum Gasteiger partial charge on any atom is -0.423 e. The van der Waals surface area contributed by atoms with Crippen LogP contribution in [0.5, 0.6) is 0 Å². The van der Waals surface area contributed by atoms with Crippen LogP contribution in [0.3, 0.4) is 0 Å². The van der Waals surface area contributed by atoms with Crippen LogP contribution in [0.15, 0.2) is 63.9 Å². The molecule has 3 heterocycles. The van der Waals surface area contributed by atoms with Gasteiger partial charge in [0.25, 0.3) is 0 Å². The van der Waals surface area contributed by atoms with Gasteiger partial charge in [0.15, 0.2) is 0 Å². The van der Waals surface area contributed by atoms with Gasteiger partial charge in [-0.25, -0.2) is 4.79 Å². The molecule has 33 heavy (non-hydrogen) atoms. The number of rotatable bonds is 6. The Kier molecular flexibility index (Phi) is 7.02. The van der Waals surface area contributed by atoms with E-state index in [0.717, 1.165) is 56.5 Å². The van der Waals surface area contributed by atoms with E-state index in [1.165, 1.54) is 29.1 Å². The number of hydrogen-bond donors (Lipinski definition) is 1. The fourth-order valence-corrected chi connectivity index (χ4v) is 4.59. The van der Waals surface area contributed by atoms with Crippen LogP contribution in [0.1, 0.15) is 24.0 Å². The van der Waals surface area contributed by atoms with Crippen molar-refractivity contribution in [2.75, 3.05) is 37.6 Å². The lowest BCUT2D eigenvalue weighted by Gasteiger charge is -2.36. The standard InChI is InChI=1S/C26H26N4O2.ClH/c27-17-19-4-7-24-23(15-19)21(18-28-24)3-1-2-10-29-11-13-30(14-12-29)22-6-8-25-20(16-22)5-9-26(31)32-25;/h4-9,15-16,18,28H,1-3,10-14H2;1H. The highest BCUT2D eigenvalue weighted by atomic mass is 35.5. The molecule has 2 aromatic carbocycles. The van der Waals surface area contributed by atoms with Gasteiger partial charge in [0, 0.05) is 60.4 Å². The van der Waals surface area contributed by atoms with Crippen molar-refractivity contribution in [1.29, 1.82) is 5.26 Å². The maximum atomic E-state index is 11.4. The molecule has 5 rings (SSSR count). The summed E-state index contributed by atoms with van der Waals surface area (Å²) in [7, 11) is 0. The third-order valence-electron chi connectivity index (χ3n) is 6.41. The van der Waals surface area contributed by atoms with Crippen LogP contribution in [-0.4, -0.2) is 42.6 Å². The van der Waals surface area contributed by atoms with Gasteiger partial charge in [-0.1, -0.05) is 0 Å². The lowest BCUT2D eigenvalue weighted by Crippen LogP contribution is -2.46. The highest BCUT2D eigenvalue weighted by molar-refractivity contribution is 5.85. The molecule has 6 nitrogen and oxygen atoms in total. The topological polar surface area (TPSA) is 76.3 Å². The number of benzene rings is 2. The summed E-state index contributed by atoms with van der Waals surface area (Å²) < 4.78 is 5.24. The summed E-state index contributed by atoms with van der Waals surface area (Å²) in [6.07, 6.45) is 5.42. The first-order valence-electron chi connectivity index (χ1n) is 11.2. The van der Waals surface area contributed by atoms with E-state index in [2.05, 4.69) is 33.1 Å². The highest BCUT2D eigenvalue weighted by Gasteiger charge is 2.17. The van der Waals surface area contributed by atoms with E-state index in [1.807, 2.05) is 36.4 Å². The van der Waals surface area contributed by atoms with E-state index in [4.69, 9.17) is 9.68 Å². The van der Waals surface area contributed by atoms with Gasteiger partial charge in [0.2, 0.25) is 0 Å². The fourth-order valence-electron chi connectivity index (χ4n) is 4.59. The summed E-state index contributed by atoms with van der Waals surface area (Å²) in [6, 6.07) is 17.4. The SMILES string of the molecule is Cl.N#Cc1ccc2[nH]cc(CCCCN3CCN(c4ccc5oc(=O)ccc5c4)CC3)c2c1. The number of aromatic amines is 1. The summed E-state index contributed by atoms with van der Waals surface area (Å²) in [6.45, 7) is 5.23. The van der Waals surface area contributed by atoms with Crippen molar-refractivity contribution in [2.24, 2.45) is 0 Å². The molecule has 1 saturated heterocycles. The molecule has 0 bridgehead atoms. The number of nitriles is 1. The molecule has 1 aliphatic rings. The van der Waals surface area contributed by atoms with Crippen molar-refractivity contribution in [3.8, 4) is 6.07 Å². The van der Waals surface area contributed by atoms with Crippen LogP contribution < -0.4 is 10.5 Å². The molecule has 0 radical (unpaired) electrons. The molecule has 0 unspecified atom stereocenters. The summed E-state index contributed by atoms with van der Waals surface area (Å²) in [5.74, 6) is 0. The molecule has 0 spiro atoms. The number of aromatic nitrogens is 1. The van der Waals surface area contributed by atoms with Crippen molar-refractivity contribution in [3.05, 3.63) is 76.3 Å². The van der Waals surface area contributed by atoms with Gasteiger partial charge in [0.1, 0.15) is 5.58 Å². The number of nitrogens with one attached hydrogen (secondary N) is 1. The first-order valence-corrected chi connectivity index (χ1v) is 11.2. The monoisotopic (exact) mass is 462 g/mol. The lowest BCUT2D eigenvalue weighted by atomic mass is 10.1. The largest absolute Gasteiger partial charge is 0.423 e. The number of piperazine rings is 1. The predicted molar refractivity (Wildman–Crippen MR) is 134 cm³/mol. The Labute approximate surface area is 198 Å². The third-order valence-corrected chi connectivity index (χ3v) is 6.41. The van der Waals surface area contributed by atoms with Gasteiger partial charge in [-0.15, -0.1) is 12.4 Å². The number of hydrogen-bond acceptors (Lipinski definition) is 5. The van der Waals surface area contributed by atoms with Crippen LogP contribution in [0.4, 0.5) is 5.69 Å². The smallest absolute Gasteiger partial charge is 0.336 e. The molecule has 0 aliphatic carbocycles. The molecular formula is C26H27ClN4O2. The molecule has 0 atom stereocenters. The maximum Gasteiger partial charge on any atom is 0.336 e. The Bertz CT molecular complexity index is 1350. The van der Waals surface area contributed by atoms with Crippen molar-refractivity contribution < 1.29 is 4.42 Å². The van der Waals surface area contributed by atoms with E-state index in [0.29, 0.717) is 11.1 Å². The Morgan fingerprint density at radius 2 is 1.85 bits per heavy atom.